The molecule has 0 saturated carbocycles. The second-order valence-corrected chi connectivity index (χ2v) is 5.77. The number of rotatable bonds is 4. The molecule has 1 amide bonds. The Bertz CT molecular complexity index is 336. The quantitative estimate of drug-likeness (QED) is 0.710. The van der Waals surface area contributed by atoms with E-state index in [4.69, 9.17) is 0 Å². The second-order valence-electron chi connectivity index (χ2n) is 3.54. The van der Waals surface area contributed by atoms with Gasteiger partial charge >= 0.3 is 6.09 Å². The molecule has 1 fully saturated rings. The van der Waals surface area contributed by atoms with E-state index < -0.39 is 15.9 Å². The van der Waals surface area contributed by atoms with Gasteiger partial charge in [0.05, 0.1) is 11.5 Å². The summed E-state index contributed by atoms with van der Waals surface area (Å²) in [7, 11) is -2.87. The molecule has 0 spiro atoms. The molecule has 1 aliphatic rings. The number of carbonyl (C=O) groups is 1. The van der Waals surface area contributed by atoms with Crippen LogP contribution >= 0.6 is 0 Å². The molecule has 1 heterocycles. The van der Waals surface area contributed by atoms with E-state index in [1.807, 2.05) is 0 Å². The van der Waals surface area contributed by atoms with Crippen molar-refractivity contribution in [3.63, 3.8) is 0 Å². The third-order valence-electron chi connectivity index (χ3n) is 2.19. The van der Waals surface area contributed by atoms with E-state index in [2.05, 4.69) is 16.6 Å². The van der Waals surface area contributed by atoms with Crippen LogP contribution in [0.2, 0.25) is 0 Å². The molecule has 1 rings (SSSR count). The summed E-state index contributed by atoms with van der Waals surface area (Å²) in [5.41, 5.74) is 0. The zero-order valence-corrected chi connectivity index (χ0v) is 9.26. The normalized spacial score (nSPS) is 23.3. The summed E-state index contributed by atoms with van der Waals surface area (Å²) in [5, 5.41) is 2.52. The number of amides is 1. The molecule has 0 aliphatic carbocycles. The smallest absolute Gasteiger partial charge is 0.407 e. The molecule has 15 heavy (non-hydrogen) atoms. The summed E-state index contributed by atoms with van der Waals surface area (Å²) >= 11 is 0. The molecule has 0 bridgehead atoms. The first kappa shape index (κ1) is 12.0. The largest absolute Gasteiger partial charge is 0.445 e. The fourth-order valence-corrected chi connectivity index (χ4v) is 3.31. The fourth-order valence-electron chi connectivity index (χ4n) is 1.45. The van der Waals surface area contributed by atoms with E-state index in [-0.39, 0.29) is 24.0 Å². The van der Waals surface area contributed by atoms with Gasteiger partial charge in [-0.3, -0.25) is 0 Å². The van der Waals surface area contributed by atoms with Gasteiger partial charge in [-0.15, -0.1) is 0 Å². The predicted molar refractivity (Wildman–Crippen MR) is 56.3 cm³/mol. The van der Waals surface area contributed by atoms with Crippen LogP contribution in [0.4, 0.5) is 4.79 Å². The third-order valence-corrected chi connectivity index (χ3v) is 4.03. The highest BCUT2D eigenvalue weighted by molar-refractivity contribution is 7.91. The Labute approximate surface area is 89.4 Å². The zero-order valence-electron chi connectivity index (χ0n) is 8.44. The highest BCUT2D eigenvalue weighted by Crippen LogP contribution is 2.17. The van der Waals surface area contributed by atoms with Gasteiger partial charge in [-0.2, -0.15) is 0 Å². The summed E-state index contributed by atoms with van der Waals surface area (Å²) < 4.78 is 26.9. The van der Waals surface area contributed by atoms with Crippen molar-refractivity contribution in [2.24, 2.45) is 5.92 Å². The Morgan fingerprint density at radius 3 is 2.87 bits per heavy atom. The van der Waals surface area contributed by atoms with Gasteiger partial charge in [-0.25, -0.2) is 13.2 Å². The lowest BCUT2D eigenvalue weighted by molar-refractivity contribution is 0.157. The minimum atomic E-state index is -2.87. The van der Waals surface area contributed by atoms with Crippen molar-refractivity contribution < 1.29 is 17.9 Å². The maximum atomic E-state index is 11.1. The molecule has 1 unspecified atom stereocenters. The summed E-state index contributed by atoms with van der Waals surface area (Å²) in [6.07, 6.45) is 1.56. The average molecular weight is 233 g/mol. The molecule has 0 aromatic heterocycles. The minimum Gasteiger partial charge on any atom is -0.445 e. The van der Waals surface area contributed by atoms with Crippen LogP contribution in [0.25, 0.3) is 0 Å². The van der Waals surface area contributed by atoms with E-state index in [9.17, 15) is 13.2 Å². The van der Waals surface area contributed by atoms with Crippen molar-refractivity contribution in [2.45, 2.75) is 6.42 Å². The van der Waals surface area contributed by atoms with Crippen molar-refractivity contribution >= 4 is 15.9 Å². The van der Waals surface area contributed by atoms with E-state index in [1.165, 1.54) is 6.08 Å². The number of alkyl carbamates (subject to hydrolysis) is 1. The van der Waals surface area contributed by atoms with E-state index in [1.54, 1.807) is 0 Å². The van der Waals surface area contributed by atoms with Gasteiger partial charge in [0, 0.05) is 6.54 Å². The minimum absolute atomic E-state index is 0.0197. The number of sulfone groups is 1. The van der Waals surface area contributed by atoms with Crippen LogP contribution in [0, 0.1) is 5.92 Å². The predicted octanol–water partition coefficient (Wildman–Crippen LogP) is 0.333. The summed E-state index contributed by atoms with van der Waals surface area (Å²) in [6.45, 7) is 3.92. The molecule has 1 N–H and O–H groups in total. The maximum Gasteiger partial charge on any atom is 0.407 e. The molecule has 6 heteroatoms. The van der Waals surface area contributed by atoms with Crippen LogP contribution in [-0.4, -0.2) is 39.2 Å². The van der Waals surface area contributed by atoms with E-state index in [0.717, 1.165) is 0 Å². The monoisotopic (exact) mass is 233 g/mol. The number of hydrogen-bond acceptors (Lipinski definition) is 4. The van der Waals surface area contributed by atoms with E-state index >= 15 is 0 Å². The van der Waals surface area contributed by atoms with Gasteiger partial charge in [0.15, 0.2) is 9.84 Å². The standard InChI is InChI=1S/C9H15NO4S/c1-2-4-14-9(11)10-6-8-3-5-15(12,13)7-8/h2,8H,1,3-7H2,(H,10,11). The summed E-state index contributed by atoms with van der Waals surface area (Å²) in [4.78, 5) is 11.0. The maximum absolute atomic E-state index is 11.1. The first-order valence-corrected chi connectivity index (χ1v) is 6.57. The van der Waals surface area contributed by atoms with Crippen LogP contribution < -0.4 is 5.32 Å². The lowest BCUT2D eigenvalue weighted by Gasteiger charge is -2.08. The van der Waals surface area contributed by atoms with Crippen molar-refractivity contribution in [3.05, 3.63) is 12.7 Å². The molecule has 0 radical (unpaired) electrons. The van der Waals surface area contributed by atoms with Gasteiger partial charge in [0.1, 0.15) is 6.61 Å². The first-order chi connectivity index (χ1) is 7.03. The molecule has 0 aromatic carbocycles. The number of carbonyl (C=O) groups excluding carboxylic acids is 1. The zero-order chi connectivity index (χ0) is 11.3. The van der Waals surface area contributed by atoms with Gasteiger partial charge in [0.25, 0.3) is 0 Å². The first-order valence-electron chi connectivity index (χ1n) is 4.75. The van der Waals surface area contributed by atoms with Gasteiger partial charge in [-0.05, 0) is 12.3 Å². The molecule has 1 atom stereocenters. The van der Waals surface area contributed by atoms with Gasteiger partial charge < -0.3 is 10.1 Å². The van der Waals surface area contributed by atoms with Crippen molar-refractivity contribution in [1.82, 2.24) is 5.32 Å². The molecular weight excluding hydrogens is 218 g/mol. The van der Waals surface area contributed by atoms with Crippen molar-refractivity contribution in [3.8, 4) is 0 Å². The van der Waals surface area contributed by atoms with Crippen LogP contribution in [0.5, 0.6) is 0 Å². The molecule has 0 aromatic rings. The topological polar surface area (TPSA) is 72.5 Å². The van der Waals surface area contributed by atoms with Gasteiger partial charge in [-0.1, -0.05) is 12.7 Å². The number of hydrogen-bond donors (Lipinski definition) is 1. The average Bonchev–Trinajstić information content (AvgIpc) is 2.52. The van der Waals surface area contributed by atoms with Crippen LogP contribution in [-0.2, 0) is 14.6 Å². The van der Waals surface area contributed by atoms with Gasteiger partial charge in [0.2, 0.25) is 0 Å². The molecule has 1 aliphatic heterocycles. The summed E-state index contributed by atoms with van der Waals surface area (Å²) in [6, 6.07) is 0. The molecule has 1 saturated heterocycles. The third kappa shape index (κ3) is 4.33. The van der Waals surface area contributed by atoms with Crippen LogP contribution in [0.15, 0.2) is 12.7 Å². The highest BCUT2D eigenvalue weighted by atomic mass is 32.2. The molecule has 5 nitrogen and oxygen atoms in total. The molecule has 86 valence electrons. The number of nitrogens with one attached hydrogen (secondary N) is 1. The number of ether oxygens (including phenoxy) is 1. The lowest BCUT2D eigenvalue weighted by Crippen LogP contribution is -2.30. The van der Waals surface area contributed by atoms with Crippen molar-refractivity contribution in [2.75, 3.05) is 24.7 Å². The molecular formula is C9H15NO4S. The van der Waals surface area contributed by atoms with E-state index in [0.29, 0.717) is 13.0 Å². The van der Waals surface area contributed by atoms with Crippen LogP contribution in [0.1, 0.15) is 6.42 Å². The Kier molecular flexibility index (Phi) is 4.14. The second kappa shape index (κ2) is 5.16. The highest BCUT2D eigenvalue weighted by Gasteiger charge is 2.27. The Hall–Kier alpha value is -1.04. The fraction of sp³-hybridized carbons (Fsp3) is 0.667. The summed E-state index contributed by atoms with van der Waals surface area (Å²) in [5.74, 6) is 0.404. The SMILES string of the molecule is C=CCOC(=O)NCC1CCS(=O)(=O)C1. The Morgan fingerprint density at radius 1 is 1.60 bits per heavy atom. The lowest BCUT2D eigenvalue weighted by atomic mass is 10.1. The Morgan fingerprint density at radius 2 is 2.33 bits per heavy atom. The Balaban J connectivity index is 2.21. The van der Waals surface area contributed by atoms with Crippen molar-refractivity contribution in [1.29, 1.82) is 0 Å². The van der Waals surface area contributed by atoms with Crippen LogP contribution in [0.3, 0.4) is 0 Å².